The van der Waals surface area contributed by atoms with Crippen LogP contribution in [0.25, 0.3) is 21.3 Å². The number of hydrogen-bond acceptors (Lipinski definition) is 4. The highest BCUT2D eigenvalue weighted by Crippen LogP contribution is 2.31. The number of nitrogens with zero attached hydrogens (tertiary/aromatic N) is 2. The van der Waals surface area contributed by atoms with E-state index in [1.807, 2.05) is 25.3 Å². The zero-order chi connectivity index (χ0) is 18.8. The maximum Gasteiger partial charge on any atom is 0.263 e. The van der Waals surface area contributed by atoms with Crippen LogP contribution in [0.2, 0.25) is 0 Å². The Morgan fingerprint density at radius 3 is 2.77 bits per heavy atom. The minimum atomic E-state index is -0.177. The highest BCUT2D eigenvalue weighted by molar-refractivity contribution is 7.17. The molecule has 0 aliphatic heterocycles. The Kier molecular flexibility index (Phi) is 5.23. The van der Waals surface area contributed by atoms with Crippen LogP contribution in [0.3, 0.4) is 0 Å². The third-order valence-corrected chi connectivity index (χ3v) is 5.60. The van der Waals surface area contributed by atoms with Gasteiger partial charge in [-0.3, -0.25) is 14.2 Å². The molecule has 0 aliphatic carbocycles. The predicted molar refractivity (Wildman–Crippen MR) is 107 cm³/mol. The van der Waals surface area contributed by atoms with Gasteiger partial charge in [-0.1, -0.05) is 25.1 Å². The normalized spacial score (nSPS) is 12.3. The number of carbonyl (C=O) groups is 1. The zero-order valence-corrected chi connectivity index (χ0v) is 16.3. The van der Waals surface area contributed by atoms with E-state index in [0.717, 1.165) is 17.5 Å². The Morgan fingerprint density at radius 2 is 2.08 bits per heavy atom. The van der Waals surface area contributed by atoms with Gasteiger partial charge in [-0.2, -0.15) is 0 Å². The second-order valence-electron chi connectivity index (χ2n) is 6.68. The van der Waals surface area contributed by atoms with Crippen molar-refractivity contribution in [2.24, 2.45) is 0 Å². The SMILES string of the molecule is CC[C@H](C)NC(=O)Cn1cnc2scc(-c3ccc(C)c(C)c3)c2c1=O. The first-order valence-corrected chi connectivity index (χ1v) is 9.62. The van der Waals surface area contributed by atoms with E-state index in [1.54, 1.807) is 0 Å². The van der Waals surface area contributed by atoms with Crippen LogP contribution in [0.15, 0.2) is 34.7 Å². The van der Waals surface area contributed by atoms with Gasteiger partial charge in [0.25, 0.3) is 5.56 Å². The summed E-state index contributed by atoms with van der Waals surface area (Å²) in [6.45, 7) is 8.05. The fourth-order valence-electron chi connectivity index (χ4n) is 2.78. The van der Waals surface area contributed by atoms with Crippen LogP contribution < -0.4 is 10.9 Å². The van der Waals surface area contributed by atoms with Gasteiger partial charge in [0.05, 0.1) is 11.7 Å². The van der Waals surface area contributed by atoms with Gasteiger partial charge in [-0.05, 0) is 43.9 Å². The minimum Gasteiger partial charge on any atom is -0.352 e. The van der Waals surface area contributed by atoms with E-state index in [2.05, 4.69) is 36.3 Å². The number of thiophene rings is 1. The Balaban J connectivity index is 2.02. The number of aryl methyl sites for hydroxylation is 2. The van der Waals surface area contributed by atoms with Crippen LogP contribution in [-0.4, -0.2) is 21.5 Å². The smallest absolute Gasteiger partial charge is 0.263 e. The molecule has 5 nitrogen and oxygen atoms in total. The third kappa shape index (κ3) is 3.55. The van der Waals surface area contributed by atoms with Gasteiger partial charge in [0, 0.05) is 17.0 Å². The van der Waals surface area contributed by atoms with Crippen molar-refractivity contribution in [1.82, 2.24) is 14.9 Å². The topological polar surface area (TPSA) is 64.0 Å². The average Bonchev–Trinajstić information content (AvgIpc) is 3.04. The Morgan fingerprint density at radius 1 is 1.31 bits per heavy atom. The molecular formula is C20H23N3O2S. The van der Waals surface area contributed by atoms with Crippen LogP contribution >= 0.6 is 11.3 Å². The number of amides is 1. The van der Waals surface area contributed by atoms with Crippen LogP contribution in [0, 0.1) is 13.8 Å². The number of aromatic nitrogens is 2. The van der Waals surface area contributed by atoms with Gasteiger partial charge in [0.2, 0.25) is 5.91 Å². The molecule has 0 fully saturated rings. The predicted octanol–water partition coefficient (Wildman–Crippen LogP) is 3.66. The lowest BCUT2D eigenvalue weighted by Crippen LogP contribution is -2.37. The Hall–Kier alpha value is -2.47. The van der Waals surface area contributed by atoms with E-state index in [1.165, 1.54) is 33.4 Å². The molecular weight excluding hydrogens is 346 g/mol. The van der Waals surface area contributed by atoms with E-state index in [0.29, 0.717) is 10.2 Å². The molecule has 136 valence electrons. The fraction of sp³-hybridized carbons (Fsp3) is 0.350. The molecule has 0 saturated carbocycles. The van der Waals surface area contributed by atoms with Crippen LogP contribution in [0.4, 0.5) is 0 Å². The first-order chi connectivity index (χ1) is 12.4. The summed E-state index contributed by atoms with van der Waals surface area (Å²) < 4.78 is 1.39. The average molecular weight is 369 g/mol. The summed E-state index contributed by atoms with van der Waals surface area (Å²) in [5.41, 5.74) is 4.09. The molecule has 2 heterocycles. The summed E-state index contributed by atoms with van der Waals surface area (Å²) in [5, 5.41) is 5.43. The number of rotatable bonds is 5. The van der Waals surface area contributed by atoms with Crippen molar-refractivity contribution in [2.45, 2.75) is 46.7 Å². The molecule has 0 radical (unpaired) electrons. The number of hydrogen-bond donors (Lipinski definition) is 1. The highest BCUT2D eigenvalue weighted by atomic mass is 32.1. The van der Waals surface area contributed by atoms with Crippen molar-refractivity contribution in [3.63, 3.8) is 0 Å². The van der Waals surface area contributed by atoms with Crippen molar-refractivity contribution >= 4 is 27.5 Å². The van der Waals surface area contributed by atoms with Gasteiger partial charge in [0.1, 0.15) is 11.4 Å². The number of nitrogens with one attached hydrogen (secondary N) is 1. The molecule has 0 aliphatic rings. The van der Waals surface area contributed by atoms with E-state index in [4.69, 9.17) is 0 Å². The van der Waals surface area contributed by atoms with E-state index < -0.39 is 0 Å². The lowest BCUT2D eigenvalue weighted by atomic mass is 10.0. The van der Waals surface area contributed by atoms with Gasteiger partial charge < -0.3 is 5.32 Å². The molecule has 3 rings (SSSR count). The van der Waals surface area contributed by atoms with Crippen molar-refractivity contribution in [3.8, 4) is 11.1 Å². The van der Waals surface area contributed by atoms with Gasteiger partial charge in [-0.15, -0.1) is 11.3 Å². The van der Waals surface area contributed by atoms with Crippen LogP contribution in [-0.2, 0) is 11.3 Å². The van der Waals surface area contributed by atoms with Crippen LogP contribution in [0.5, 0.6) is 0 Å². The molecule has 1 amide bonds. The third-order valence-electron chi connectivity index (χ3n) is 4.71. The van der Waals surface area contributed by atoms with Gasteiger partial charge >= 0.3 is 0 Å². The molecule has 1 atom stereocenters. The summed E-state index contributed by atoms with van der Waals surface area (Å²) in [7, 11) is 0. The molecule has 0 unspecified atom stereocenters. The minimum absolute atomic E-state index is 0.0195. The summed E-state index contributed by atoms with van der Waals surface area (Å²) in [5.74, 6) is -0.175. The van der Waals surface area contributed by atoms with Gasteiger partial charge in [0.15, 0.2) is 0 Å². The molecule has 6 heteroatoms. The second kappa shape index (κ2) is 7.41. The van der Waals surface area contributed by atoms with Gasteiger partial charge in [-0.25, -0.2) is 4.98 Å². The van der Waals surface area contributed by atoms with Crippen molar-refractivity contribution in [1.29, 1.82) is 0 Å². The second-order valence-corrected chi connectivity index (χ2v) is 7.54. The largest absolute Gasteiger partial charge is 0.352 e. The number of benzene rings is 1. The molecule has 26 heavy (non-hydrogen) atoms. The fourth-order valence-corrected chi connectivity index (χ4v) is 3.69. The highest BCUT2D eigenvalue weighted by Gasteiger charge is 2.15. The monoisotopic (exact) mass is 369 g/mol. The summed E-state index contributed by atoms with van der Waals surface area (Å²) >= 11 is 1.45. The molecule has 0 saturated heterocycles. The van der Waals surface area contributed by atoms with Crippen LogP contribution in [0.1, 0.15) is 31.4 Å². The Bertz CT molecular complexity index is 1020. The van der Waals surface area contributed by atoms with E-state index in [9.17, 15) is 9.59 Å². The van der Waals surface area contributed by atoms with Crippen molar-refractivity contribution < 1.29 is 4.79 Å². The summed E-state index contributed by atoms with van der Waals surface area (Å²) in [6.07, 6.45) is 2.31. The lowest BCUT2D eigenvalue weighted by molar-refractivity contribution is -0.122. The lowest BCUT2D eigenvalue weighted by Gasteiger charge is -2.12. The molecule has 3 aromatic rings. The molecule has 2 aromatic heterocycles. The summed E-state index contributed by atoms with van der Waals surface area (Å²) in [4.78, 5) is 30.2. The van der Waals surface area contributed by atoms with Crippen molar-refractivity contribution in [3.05, 3.63) is 51.4 Å². The standard InChI is InChI=1S/C20H23N3O2S/c1-5-14(4)22-17(24)9-23-11-21-19-18(20(23)25)16(10-26-19)15-7-6-12(2)13(3)8-15/h6-8,10-11,14H,5,9H2,1-4H3,(H,22,24)/t14-/m0/s1. The van der Waals surface area contributed by atoms with E-state index >= 15 is 0 Å². The Labute approximate surface area is 156 Å². The quantitative estimate of drug-likeness (QED) is 0.746. The first kappa shape index (κ1) is 18.3. The number of fused-ring (bicyclic) bond motifs is 1. The maximum atomic E-state index is 13.0. The molecule has 0 spiro atoms. The first-order valence-electron chi connectivity index (χ1n) is 8.74. The number of carbonyl (C=O) groups excluding carboxylic acids is 1. The molecule has 1 N–H and O–H groups in total. The molecule has 1 aromatic carbocycles. The zero-order valence-electron chi connectivity index (χ0n) is 15.5. The maximum absolute atomic E-state index is 13.0. The summed E-state index contributed by atoms with van der Waals surface area (Å²) in [6, 6.07) is 6.25. The van der Waals surface area contributed by atoms with E-state index in [-0.39, 0.29) is 24.1 Å². The molecule has 0 bridgehead atoms. The van der Waals surface area contributed by atoms with Crippen molar-refractivity contribution in [2.75, 3.05) is 0 Å².